The van der Waals surface area contributed by atoms with Gasteiger partial charge in [0.25, 0.3) is 0 Å². The summed E-state index contributed by atoms with van der Waals surface area (Å²) in [7, 11) is 0. The highest BCUT2D eigenvalue weighted by molar-refractivity contribution is 5.74. The summed E-state index contributed by atoms with van der Waals surface area (Å²) in [6.45, 7) is 8.64. The van der Waals surface area contributed by atoms with Crippen LogP contribution in [0.2, 0.25) is 0 Å². The van der Waals surface area contributed by atoms with Gasteiger partial charge in [-0.25, -0.2) is 8.91 Å². The molecule has 7 rings (SSSR count). The third-order valence-corrected chi connectivity index (χ3v) is 9.17. The number of ether oxygens (including phenoxy) is 2. The van der Waals surface area contributed by atoms with Crippen LogP contribution < -0.4 is 10.6 Å². The lowest BCUT2D eigenvalue weighted by molar-refractivity contribution is -0.155. The van der Waals surface area contributed by atoms with E-state index < -0.39 is 5.82 Å². The molecule has 1 aliphatic carbocycles. The first kappa shape index (κ1) is 25.0. The quantitative estimate of drug-likeness (QED) is 0.550. The predicted octanol–water partition coefficient (Wildman–Crippen LogP) is 3.66. The first-order valence-corrected chi connectivity index (χ1v) is 14.0. The van der Waals surface area contributed by atoms with Gasteiger partial charge in [-0.1, -0.05) is 18.2 Å². The number of likely N-dealkylation sites (tertiary alicyclic amines) is 1. The molecule has 0 bridgehead atoms. The number of pyridine rings is 1. The van der Waals surface area contributed by atoms with Crippen molar-refractivity contribution in [1.29, 1.82) is 5.26 Å². The van der Waals surface area contributed by atoms with Crippen LogP contribution in [-0.2, 0) is 21.7 Å². The minimum atomic E-state index is -0.423. The number of nitrogens with two attached hydrogens (primary N) is 1. The number of nitriles is 1. The number of aromatic nitrogens is 2. The van der Waals surface area contributed by atoms with Crippen molar-refractivity contribution >= 4 is 11.2 Å². The minimum Gasteiger partial charge on any atom is -0.370 e. The van der Waals surface area contributed by atoms with Crippen LogP contribution in [0.1, 0.15) is 61.4 Å². The predicted molar refractivity (Wildman–Crippen MR) is 145 cm³/mol. The molecular weight excluding hydrogens is 495 g/mol. The molecule has 3 aromatic rings. The van der Waals surface area contributed by atoms with Crippen molar-refractivity contribution in [3.8, 4) is 6.07 Å². The molecule has 4 atom stereocenters. The molecule has 2 unspecified atom stereocenters. The van der Waals surface area contributed by atoms with Crippen molar-refractivity contribution in [2.45, 2.75) is 69.0 Å². The number of rotatable bonds is 4. The Balaban J connectivity index is 1.03. The smallest absolute Gasteiger partial charge is 0.171 e. The van der Waals surface area contributed by atoms with Crippen molar-refractivity contribution < 1.29 is 13.9 Å². The van der Waals surface area contributed by atoms with Gasteiger partial charge in [0.05, 0.1) is 30.7 Å². The molecule has 0 amide bonds. The van der Waals surface area contributed by atoms with E-state index in [0.29, 0.717) is 36.8 Å². The molecule has 3 aliphatic heterocycles. The van der Waals surface area contributed by atoms with E-state index in [1.54, 1.807) is 6.07 Å². The van der Waals surface area contributed by atoms with Crippen molar-refractivity contribution in [2.24, 2.45) is 5.73 Å². The SMILES string of the molecule is C[C@@H]1CN(c2ccc(C#N)n3ncc(F)c23)C[C@H](CN2CC3(C2)OCc2cc(C4CCC(C)(N)C4)ccc23)O1. The highest BCUT2D eigenvalue weighted by Crippen LogP contribution is 2.46. The van der Waals surface area contributed by atoms with E-state index in [-0.39, 0.29) is 23.3 Å². The zero-order chi connectivity index (χ0) is 26.9. The monoisotopic (exact) mass is 530 g/mol. The lowest BCUT2D eigenvalue weighted by Gasteiger charge is -2.50. The maximum absolute atomic E-state index is 14.7. The molecule has 2 N–H and O–H groups in total. The third-order valence-electron chi connectivity index (χ3n) is 9.17. The average Bonchev–Trinajstić information content (AvgIpc) is 3.58. The average molecular weight is 531 g/mol. The van der Waals surface area contributed by atoms with Crippen LogP contribution in [0.5, 0.6) is 0 Å². The summed E-state index contributed by atoms with van der Waals surface area (Å²) in [5, 5.41) is 13.5. The van der Waals surface area contributed by atoms with Gasteiger partial charge in [-0.3, -0.25) is 4.90 Å². The lowest BCUT2D eigenvalue weighted by atomic mass is 9.83. The van der Waals surface area contributed by atoms with E-state index >= 15 is 0 Å². The number of fused-ring (bicyclic) bond motifs is 3. The highest BCUT2D eigenvalue weighted by atomic mass is 19.1. The summed E-state index contributed by atoms with van der Waals surface area (Å²) < 4.78 is 28.8. The van der Waals surface area contributed by atoms with Gasteiger partial charge in [-0.05, 0) is 67.9 Å². The summed E-state index contributed by atoms with van der Waals surface area (Å²) >= 11 is 0. The number of nitrogens with zero attached hydrogens (tertiary/aromatic N) is 5. The Morgan fingerprint density at radius 3 is 2.85 bits per heavy atom. The fourth-order valence-corrected chi connectivity index (χ4v) is 7.37. The molecule has 204 valence electrons. The fraction of sp³-hybridized carbons (Fsp3) is 0.533. The summed E-state index contributed by atoms with van der Waals surface area (Å²) in [6, 6.07) is 12.6. The number of hydrogen-bond acceptors (Lipinski definition) is 7. The number of hydrogen-bond donors (Lipinski definition) is 1. The van der Waals surface area contributed by atoms with E-state index in [1.807, 2.05) is 6.07 Å². The molecule has 39 heavy (non-hydrogen) atoms. The molecule has 3 fully saturated rings. The summed E-state index contributed by atoms with van der Waals surface area (Å²) in [5.41, 5.74) is 11.6. The Hall–Kier alpha value is -3.03. The highest BCUT2D eigenvalue weighted by Gasteiger charge is 2.50. The molecule has 8 nitrogen and oxygen atoms in total. The van der Waals surface area contributed by atoms with Crippen LogP contribution in [0.4, 0.5) is 10.1 Å². The van der Waals surface area contributed by atoms with E-state index in [9.17, 15) is 9.65 Å². The van der Waals surface area contributed by atoms with Gasteiger partial charge in [-0.15, -0.1) is 0 Å². The van der Waals surface area contributed by atoms with Gasteiger partial charge in [0.2, 0.25) is 0 Å². The largest absolute Gasteiger partial charge is 0.370 e. The summed E-state index contributed by atoms with van der Waals surface area (Å²) in [6.07, 6.45) is 4.43. The van der Waals surface area contributed by atoms with Crippen LogP contribution in [0, 0.1) is 17.1 Å². The summed E-state index contributed by atoms with van der Waals surface area (Å²) in [4.78, 5) is 4.56. The first-order chi connectivity index (χ1) is 18.7. The number of halogens is 1. The van der Waals surface area contributed by atoms with Crippen LogP contribution in [0.3, 0.4) is 0 Å². The topological polar surface area (TPSA) is 92.0 Å². The second kappa shape index (κ2) is 9.00. The van der Waals surface area contributed by atoms with Crippen molar-refractivity contribution in [3.05, 3.63) is 64.7 Å². The molecular formula is C30H35FN6O2. The van der Waals surface area contributed by atoms with E-state index in [2.05, 4.69) is 53.0 Å². The lowest BCUT2D eigenvalue weighted by Crippen LogP contribution is -2.62. The standard InChI is InChI=1S/C30H35FN6O2/c1-19-13-36(27-6-4-23(11-32)37-28(27)26(31)12-34-37)15-24(39-19)14-35-17-30(18-35)25-5-3-20(9-22(25)16-38-30)21-7-8-29(2,33)10-21/h3-6,9,12,19,21,24H,7-8,10,13-18,33H2,1-2H3/t19-,21?,24+,29?/m1/s1. The van der Waals surface area contributed by atoms with Crippen molar-refractivity contribution in [3.63, 3.8) is 0 Å². The molecule has 1 saturated carbocycles. The Labute approximate surface area is 228 Å². The summed E-state index contributed by atoms with van der Waals surface area (Å²) in [5.74, 6) is 0.120. The van der Waals surface area contributed by atoms with E-state index in [0.717, 1.165) is 44.6 Å². The van der Waals surface area contributed by atoms with Gasteiger partial charge >= 0.3 is 0 Å². The number of benzene rings is 1. The maximum atomic E-state index is 14.7. The van der Waals surface area contributed by atoms with E-state index in [1.165, 1.54) is 27.4 Å². The molecule has 4 aliphatic rings. The van der Waals surface area contributed by atoms with Crippen molar-refractivity contribution in [2.75, 3.05) is 37.6 Å². The Bertz CT molecular complexity index is 1470. The van der Waals surface area contributed by atoms with Crippen LogP contribution in [0.25, 0.3) is 5.52 Å². The molecule has 2 aromatic heterocycles. The molecule has 5 heterocycles. The molecule has 2 saturated heterocycles. The molecule has 9 heteroatoms. The Morgan fingerprint density at radius 1 is 1.23 bits per heavy atom. The fourth-order valence-electron chi connectivity index (χ4n) is 7.37. The molecule has 1 aromatic carbocycles. The second-order valence-corrected chi connectivity index (χ2v) is 12.4. The van der Waals surface area contributed by atoms with Gasteiger partial charge in [-0.2, -0.15) is 10.4 Å². The van der Waals surface area contributed by atoms with Gasteiger partial charge in [0.1, 0.15) is 22.9 Å². The normalized spacial score (nSPS) is 30.0. The Morgan fingerprint density at radius 2 is 2.08 bits per heavy atom. The van der Waals surface area contributed by atoms with Crippen LogP contribution >= 0.6 is 0 Å². The molecule has 0 radical (unpaired) electrons. The number of morpholine rings is 1. The first-order valence-electron chi connectivity index (χ1n) is 14.0. The third kappa shape index (κ3) is 4.21. The maximum Gasteiger partial charge on any atom is 0.171 e. The van der Waals surface area contributed by atoms with Gasteiger partial charge < -0.3 is 20.1 Å². The zero-order valence-electron chi connectivity index (χ0n) is 22.6. The Kier molecular flexibility index (Phi) is 5.76. The molecule has 1 spiro atoms. The van der Waals surface area contributed by atoms with Crippen LogP contribution in [-0.4, -0.2) is 65.0 Å². The van der Waals surface area contributed by atoms with Crippen molar-refractivity contribution in [1.82, 2.24) is 14.5 Å². The second-order valence-electron chi connectivity index (χ2n) is 12.4. The van der Waals surface area contributed by atoms with Gasteiger partial charge in [0.15, 0.2) is 5.82 Å². The minimum absolute atomic E-state index is 0.00601. The zero-order valence-corrected chi connectivity index (χ0v) is 22.6. The number of anilines is 1. The van der Waals surface area contributed by atoms with Crippen LogP contribution in [0.15, 0.2) is 36.5 Å². The van der Waals surface area contributed by atoms with E-state index in [4.69, 9.17) is 15.2 Å². The van der Waals surface area contributed by atoms with Gasteiger partial charge in [0, 0.05) is 38.3 Å².